The van der Waals surface area contributed by atoms with Gasteiger partial charge in [-0.1, -0.05) is 41.6 Å². The molecule has 0 saturated heterocycles. The summed E-state index contributed by atoms with van der Waals surface area (Å²) in [6, 6.07) is 3.17. The highest BCUT2D eigenvalue weighted by Crippen LogP contribution is 2.25. The first-order chi connectivity index (χ1) is 8.69. The lowest BCUT2D eigenvalue weighted by atomic mass is 10.3. The van der Waals surface area contributed by atoms with E-state index in [1.807, 2.05) is 6.92 Å². The molecule has 0 aliphatic heterocycles. The summed E-state index contributed by atoms with van der Waals surface area (Å²) >= 11 is 8.58. The van der Waals surface area contributed by atoms with Crippen molar-refractivity contribution in [1.29, 1.82) is 0 Å². The van der Waals surface area contributed by atoms with E-state index in [2.05, 4.69) is 20.5 Å². The normalized spacial score (nSPS) is 10.3. The van der Waals surface area contributed by atoms with Crippen molar-refractivity contribution in [3.05, 3.63) is 29.0 Å². The zero-order valence-corrected chi connectivity index (χ0v) is 11.8. The van der Waals surface area contributed by atoms with Crippen LogP contribution in [0.4, 0.5) is 5.13 Å². The van der Waals surface area contributed by atoms with Crippen LogP contribution in [0.25, 0.3) is 0 Å². The Bertz CT molecular complexity index is 543. The van der Waals surface area contributed by atoms with Crippen LogP contribution in [0, 0.1) is 0 Å². The third-order valence-electron chi connectivity index (χ3n) is 1.88. The number of rotatable bonds is 4. The molecule has 8 heteroatoms. The fraction of sp³-hybridized carbons (Fsp3) is 0.200. The van der Waals surface area contributed by atoms with Crippen LogP contribution in [0.2, 0.25) is 5.15 Å². The number of pyridine rings is 1. The minimum absolute atomic E-state index is 0.275. The van der Waals surface area contributed by atoms with Gasteiger partial charge in [-0.3, -0.25) is 10.1 Å². The molecule has 2 aromatic heterocycles. The molecule has 0 bridgehead atoms. The number of hydrogen-bond donors (Lipinski definition) is 1. The van der Waals surface area contributed by atoms with Gasteiger partial charge in [-0.15, -0.1) is 10.2 Å². The SMILES string of the molecule is CCSc1nnc(NC(=O)c2ccc(Cl)nc2)s1. The molecule has 2 rings (SSSR count). The Balaban J connectivity index is 2.04. The second-order valence-electron chi connectivity index (χ2n) is 3.13. The number of thioether (sulfide) groups is 1. The molecule has 2 heterocycles. The van der Waals surface area contributed by atoms with Gasteiger partial charge in [0, 0.05) is 6.20 Å². The van der Waals surface area contributed by atoms with Crippen LogP contribution in [0.3, 0.4) is 0 Å². The molecule has 0 aliphatic carbocycles. The van der Waals surface area contributed by atoms with E-state index in [0.717, 1.165) is 10.1 Å². The third kappa shape index (κ3) is 3.41. The first-order valence-electron chi connectivity index (χ1n) is 5.08. The van der Waals surface area contributed by atoms with E-state index in [0.29, 0.717) is 15.8 Å². The van der Waals surface area contributed by atoms with E-state index in [-0.39, 0.29) is 5.91 Å². The highest BCUT2D eigenvalue weighted by molar-refractivity contribution is 8.01. The largest absolute Gasteiger partial charge is 0.296 e. The predicted octanol–water partition coefficient (Wildman–Crippen LogP) is 2.95. The molecule has 0 fully saturated rings. The summed E-state index contributed by atoms with van der Waals surface area (Å²) < 4.78 is 0.835. The molecule has 18 heavy (non-hydrogen) atoms. The van der Waals surface area contributed by atoms with Gasteiger partial charge in [0.15, 0.2) is 4.34 Å². The summed E-state index contributed by atoms with van der Waals surface area (Å²) in [6.45, 7) is 2.03. The van der Waals surface area contributed by atoms with Gasteiger partial charge in [-0.2, -0.15) is 0 Å². The van der Waals surface area contributed by atoms with Gasteiger partial charge >= 0.3 is 0 Å². The molecule has 0 spiro atoms. The maximum atomic E-state index is 11.8. The Kier molecular flexibility index (Phi) is 4.51. The Hall–Kier alpha value is -1.18. The van der Waals surface area contributed by atoms with Crippen LogP contribution in [-0.2, 0) is 0 Å². The molecule has 0 atom stereocenters. The van der Waals surface area contributed by atoms with Gasteiger partial charge in [0.05, 0.1) is 5.56 Å². The monoisotopic (exact) mass is 300 g/mol. The molecule has 2 aromatic rings. The molecular formula is C10H9ClN4OS2. The number of nitrogens with one attached hydrogen (secondary N) is 1. The standard InChI is InChI=1S/C10H9ClN4OS2/c1-2-17-10-15-14-9(18-10)13-8(16)6-3-4-7(11)12-5-6/h3-5H,2H2,1H3,(H,13,14,16). The van der Waals surface area contributed by atoms with Crippen LogP contribution in [0.5, 0.6) is 0 Å². The molecule has 0 unspecified atom stereocenters. The van der Waals surface area contributed by atoms with Gasteiger partial charge in [0.2, 0.25) is 5.13 Å². The zero-order chi connectivity index (χ0) is 13.0. The van der Waals surface area contributed by atoms with Crippen molar-refractivity contribution in [2.24, 2.45) is 0 Å². The van der Waals surface area contributed by atoms with E-state index in [1.54, 1.807) is 23.9 Å². The lowest BCUT2D eigenvalue weighted by Gasteiger charge is -1.99. The maximum Gasteiger partial charge on any atom is 0.259 e. The predicted molar refractivity (Wildman–Crippen MR) is 73.5 cm³/mol. The van der Waals surface area contributed by atoms with E-state index < -0.39 is 0 Å². The fourth-order valence-corrected chi connectivity index (χ4v) is 2.88. The molecule has 0 aromatic carbocycles. The molecule has 1 amide bonds. The number of anilines is 1. The van der Waals surface area contributed by atoms with Crippen molar-refractivity contribution >= 4 is 45.7 Å². The average Bonchev–Trinajstić information content (AvgIpc) is 2.78. The van der Waals surface area contributed by atoms with Gasteiger partial charge in [-0.05, 0) is 17.9 Å². The van der Waals surface area contributed by atoms with Crippen LogP contribution in [0.1, 0.15) is 17.3 Å². The molecule has 0 aliphatic rings. The van der Waals surface area contributed by atoms with Crippen molar-refractivity contribution in [2.75, 3.05) is 11.1 Å². The minimum Gasteiger partial charge on any atom is -0.296 e. The number of hydrogen-bond acceptors (Lipinski definition) is 6. The summed E-state index contributed by atoms with van der Waals surface area (Å²) in [5.74, 6) is 0.646. The van der Waals surface area contributed by atoms with Crippen molar-refractivity contribution in [1.82, 2.24) is 15.2 Å². The lowest BCUT2D eigenvalue weighted by molar-refractivity contribution is 0.102. The molecule has 5 nitrogen and oxygen atoms in total. The van der Waals surface area contributed by atoms with E-state index in [9.17, 15) is 4.79 Å². The summed E-state index contributed by atoms with van der Waals surface area (Å²) in [7, 11) is 0. The van der Waals surface area contributed by atoms with Crippen LogP contribution >= 0.6 is 34.7 Å². The van der Waals surface area contributed by atoms with E-state index in [1.165, 1.54) is 17.5 Å². The zero-order valence-electron chi connectivity index (χ0n) is 9.38. The third-order valence-corrected chi connectivity index (χ3v) is 3.96. The van der Waals surface area contributed by atoms with Crippen LogP contribution in [0.15, 0.2) is 22.7 Å². The number of amides is 1. The molecule has 94 valence electrons. The Labute approximate surface area is 117 Å². The van der Waals surface area contributed by atoms with Gasteiger partial charge in [-0.25, -0.2) is 4.98 Å². The number of carbonyl (C=O) groups excluding carboxylic acids is 1. The molecule has 0 radical (unpaired) electrons. The van der Waals surface area contributed by atoms with Crippen molar-refractivity contribution in [3.63, 3.8) is 0 Å². The van der Waals surface area contributed by atoms with Crippen molar-refractivity contribution in [2.45, 2.75) is 11.3 Å². The Morgan fingerprint density at radius 2 is 2.33 bits per heavy atom. The highest BCUT2D eigenvalue weighted by atomic mass is 35.5. The summed E-state index contributed by atoms with van der Waals surface area (Å²) in [6.07, 6.45) is 1.42. The Morgan fingerprint density at radius 3 is 3.00 bits per heavy atom. The second-order valence-corrected chi connectivity index (χ2v) is 6.01. The van der Waals surface area contributed by atoms with Gasteiger partial charge in [0.25, 0.3) is 5.91 Å². The number of halogens is 1. The van der Waals surface area contributed by atoms with Gasteiger partial charge in [0.1, 0.15) is 5.15 Å². The highest BCUT2D eigenvalue weighted by Gasteiger charge is 2.10. The number of nitrogens with zero attached hydrogens (tertiary/aromatic N) is 3. The minimum atomic E-state index is -0.275. The summed E-state index contributed by atoms with van der Waals surface area (Å²) in [5, 5.41) is 11.3. The fourth-order valence-electron chi connectivity index (χ4n) is 1.12. The number of aromatic nitrogens is 3. The molecule has 0 saturated carbocycles. The van der Waals surface area contributed by atoms with E-state index >= 15 is 0 Å². The van der Waals surface area contributed by atoms with Crippen LogP contribution < -0.4 is 5.32 Å². The molecular weight excluding hydrogens is 292 g/mol. The smallest absolute Gasteiger partial charge is 0.259 e. The second kappa shape index (κ2) is 6.12. The first-order valence-corrected chi connectivity index (χ1v) is 7.26. The van der Waals surface area contributed by atoms with Crippen LogP contribution in [-0.4, -0.2) is 26.8 Å². The summed E-state index contributed by atoms with van der Waals surface area (Å²) in [5.41, 5.74) is 0.430. The maximum absolute atomic E-state index is 11.8. The Morgan fingerprint density at radius 1 is 1.50 bits per heavy atom. The van der Waals surface area contributed by atoms with Crippen molar-refractivity contribution < 1.29 is 4.79 Å². The lowest BCUT2D eigenvalue weighted by Crippen LogP contribution is -2.11. The van der Waals surface area contributed by atoms with Crippen molar-refractivity contribution in [3.8, 4) is 0 Å². The summed E-state index contributed by atoms with van der Waals surface area (Å²) in [4.78, 5) is 15.7. The van der Waals surface area contributed by atoms with E-state index in [4.69, 9.17) is 11.6 Å². The quantitative estimate of drug-likeness (QED) is 0.534. The topological polar surface area (TPSA) is 67.8 Å². The average molecular weight is 301 g/mol. The molecule has 1 N–H and O–H groups in total. The first kappa shape index (κ1) is 13.3. The number of carbonyl (C=O) groups is 1. The van der Waals surface area contributed by atoms with Gasteiger partial charge < -0.3 is 0 Å².